The van der Waals surface area contributed by atoms with Gasteiger partial charge in [-0.1, -0.05) is 24.3 Å². The van der Waals surface area contributed by atoms with Crippen LogP contribution in [0.1, 0.15) is 31.8 Å². The van der Waals surface area contributed by atoms with Crippen LogP contribution < -0.4 is 11.5 Å². The Labute approximate surface area is 203 Å². The van der Waals surface area contributed by atoms with Crippen molar-refractivity contribution in [3.8, 4) is 0 Å². The molecule has 0 saturated carbocycles. The van der Waals surface area contributed by atoms with Crippen LogP contribution in [0.25, 0.3) is 0 Å². The van der Waals surface area contributed by atoms with E-state index in [9.17, 15) is 35.5 Å². The molecule has 28 heavy (non-hydrogen) atoms. The molecule has 0 radical (unpaired) electrons. The monoisotopic (exact) mass is 446 g/mol. The summed E-state index contributed by atoms with van der Waals surface area (Å²) in [6.07, 6.45) is 0. The van der Waals surface area contributed by atoms with Gasteiger partial charge in [0.05, 0.1) is 22.5 Å². The van der Waals surface area contributed by atoms with Crippen LogP contribution in [0.5, 0.6) is 0 Å². The summed E-state index contributed by atoms with van der Waals surface area (Å²) < 4.78 is 65.3. The molecule has 1 aliphatic rings. The molecule has 2 aromatic carbocycles. The minimum absolute atomic E-state index is 0. The van der Waals surface area contributed by atoms with E-state index in [-0.39, 0.29) is 70.2 Å². The van der Waals surface area contributed by atoms with Crippen LogP contribution >= 0.6 is 0 Å². The number of hydrogen-bond acceptors (Lipinski definition) is 8. The fourth-order valence-electron chi connectivity index (χ4n) is 2.87. The van der Waals surface area contributed by atoms with Crippen LogP contribution in [0.15, 0.2) is 34.1 Å². The Morgan fingerprint density at radius 3 is 1.21 bits per heavy atom. The van der Waals surface area contributed by atoms with E-state index < -0.39 is 64.1 Å². The molecule has 0 heterocycles. The van der Waals surface area contributed by atoms with E-state index in [0.29, 0.717) is 0 Å². The average molecular weight is 446 g/mol. The number of benzene rings is 2. The van der Waals surface area contributed by atoms with E-state index >= 15 is 0 Å². The van der Waals surface area contributed by atoms with Gasteiger partial charge in [-0.25, -0.2) is 0 Å². The van der Waals surface area contributed by atoms with Gasteiger partial charge in [0.25, 0.3) is 20.2 Å². The molecule has 0 aromatic heterocycles. The normalized spacial score (nSPS) is 13.1. The minimum atomic E-state index is -5.33. The zero-order valence-corrected chi connectivity index (χ0v) is 14.3. The van der Waals surface area contributed by atoms with Crippen molar-refractivity contribution in [3.05, 3.63) is 46.5 Å². The molecule has 2 aromatic rings. The van der Waals surface area contributed by atoms with Gasteiger partial charge >= 0.3 is 59.1 Å². The maximum atomic E-state index is 12.7. The van der Waals surface area contributed by atoms with Gasteiger partial charge in [0.1, 0.15) is 9.79 Å². The summed E-state index contributed by atoms with van der Waals surface area (Å²) in [6, 6.07) is 5.48. The molecule has 14 heteroatoms. The molecule has 0 atom stereocenters. The first-order chi connectivity index (χ1) is 11.9. The summed E-state index contributed by atoms with van der Waals surface area (Å²) in [5.74, 6) is -1.77. The van der Waals surface area contributed by atoms with Crippen LogP contribution in [0.3, 0.4) is 0 Å². The molecule has 0 saturated heterocycles. The van der Waals surface area contributed by atoms with E-state index in [0.717, 1.165) is 0 Å². The van der Waals surface area contributed by atoms with Crippen LogP contribution in [-0.2, 0) is 20.2 Å². The molecule has 140 valence electrons. The van der Waals surface area contributed by atoms with Crippen molar-refractivity contribution >= 4 is 102 Å². The first kappa shape index (κ1) is 25.2. The van der Waals surface area contributed by atoms with Gasteiger partial charge in [-0.2, -0.15) is 16.8 Å². The van der Waals surface area contributed by atoms with Crippen molar-refractivity contribution in [2.45, 2.75) is 9.79 Å². The first-order valence-electron chi connectivity index (χ1n) is 6.75. The quantitative estimate of drug-likeness (QED) is 0.211. The second-order valence-corrected chi connectivity index (χ2v) is 8.11. The third-order valence-electron chi connectivity index (χ3n) is 3.87. The second kappa shape index (κ2) is 8.14. The number of nitrogen functional groups attached to an aromatic ring is 2. The van der Waals surface area contributed by atoms with Crippen LogP contribution in [-0.4, -0.2) is 96.6 Å². The van der Waals surface area contributed by atoms with Crippen molar-refractivity contribution in [1.82, 2.24) is 0 Å². The molecule has 0 spiro atoms. The van der Waals surface area contributed by atoms with E-state index in [1.54, 1.807) is 0 Å². The Hall–Kier alpha value is -0.800. The number of anilines is 2. The zero-order valence-electron chi connectivity index (χ0n) is 12.6. The fraction of sp³-hybridized carbons (Fsp3) is 0. The third kappa shape index (κ3) is 3.81. The van der Waals surface area contributed by atoms with Crippen molar-refractivity contribution < 1.29 is 35.5 Å². The van der Waals surface area contributed by atoms with Gasteiger partial charge < -0.3 is 11.5 Å². The van der Waals surface area contributed by atoms with Crippen molar-refractivity contribution in [2.75, 3.05) is 11.5 Å². The molecule has 6 N–H and O–H groups in total. The van der Waals surface area contributed by atoms with E-state index in [4.69, 9.17) is 11.5 Å². The summed E-state index contributed by atoms with van der Waals surface area (Å²) in [4.78, 5) is 22.5. The Bertz CT molecular complexity index is 1140. The number of carbonyl (C=O) groups excluding carboxylic acids is 2. The Balaban J connectivity index is 0.00000196. The number of carbonyl (C=O) groups is 2. The number of rotatable bonds is 2. The fourth-order valence-corrected chi connectivity index (χ4v) is 4.95. The molecule has 3 rings (SSSR count). The van der Waals surface area contributed by atoms with Gasteiger partial charge in [-0.3, -0.25) is 18.7 Å². The molecular weight excluding hydrogens is 434 g/mol. The number of hydrogen-bond donors (Lipinski definition) is 4. The summed E-state index contributed by atoms with van der Waals surface area (Å²) in [5.41, 5.74) is 7.72. The van der Waals surface area contributed by atoms with Gasteiger partial charge in [0.15, 0.2) is 11.6 Å². The van der Waals surface area contributed by atoms with Crippen molar-refractivity contribution in [3.63, 3.8) is 0 Å². The Morgan fingerprint density at radius 2 is 0.964 bits per heavy atom. The zero-order chi connectivity index (χ0) is 19.6. The molecule has 0 aliphatic heterocycles. The van der Waals surface area contributed by atoms with Crippen LogP contribution in [0.4, 0.5) is 11.4 Å². The Morgan fingerprint density at radius 1 is 0.679 bits per heavy atom. The SMILES string of the molecule is Nc1c2c(c(N)c(S(=O)(=O)O)c1S(=O)(=O)O)C(=O)c1ccccc1C2=O.[NaH].[NaH]. The van der Waals surface area contributed by atoms with Gasteiger partial charge in [-0.15, -0.1) is 0 Å². The van der Waals surface area contributed by atoms with Crippen LogP contribution in [0, 0.1) is 0 Å². The first-order valence-corrected chi connectivity index (χ1v) is 9.63. The second-order valence-electron chi connectivity index (χ2n) is 5.39. The molecule has 0 unspecified atom stereocenters. The molecule has 1 aliphatic carbocycles. The average Bonchev–Trinajstić information content (AvgIpc) is 2.51. The topological polar surface area (TPSA) is 195 Å². The van der Waals surface area contributed by atoms with Crippen molar-refractivity contribution in [2.24, 2.45) is 0 Å². The summed E-state index contributed by atoms with van der Waals surface area (Å²) in [7, 11) is -10.7. The number of nitrogens with two attached hydrogens (primary N) is 2. The molecule has 0 fully saturated rings. The molecule has 0 bridgehead atoms. The van der Waals surface area contributed by atoms with Crippen LogP contribution in [0.2, 0.25) is 0 Å². The number of ketones is 2. The predicted octanol–water partition coefficient (Wildman–Crippen LogP) is -1.18. The predicted molar refractivity (Wildman–Crippen MR) is 103 cm³/mol. The molecule has 10 nitrogen and oxygen atoms in total. The molecule has 0 amide bonds. The van der Waals surface area contributed by atoms with E-state index in [2.05, 4.69) is 0 Å². The van der Waals surface area contributed by atoms with Gasteiger partial charge in [-0.05, 0) is 0 Å². The molecular formula is C14H12N2Na2O8S2. The van der Waals surface area contributed by atoms with E-state index in [1.807, 2.05) is 0 Å². The summed E-state index contributed by atoms with van der Waals surface area (Å²) in [5, 5.41) is 0. The van der Waals surface area contributed by atoms with E-state index in [1.165, 1.54) is 24.3 Å². The van der Waals surface area contributed by atoms with Gasteiger partial charge in [0.2, 0.25) is 0 Å². The third-order valence-corrected chi connectivity index (χ3v) is 5.88. The number of fused-ring (bicyclic) bond motifs is 2. The maximum absolute atomic E-state index is 12.7. The van der Waals surface area contributed by atoms with Gasteiger partial charge in [0, 0.05) is 11.1 Å². The summed E-state index contributed by atoms with van der Waals surface area (Å²) in [6.45, 7) is 0. The van der Waals surface area contributed by atoms with Crippen molar-refractivity contribution in [1.29, 1.82) is 0 Å². The standard InChI is InChI=1S/C14H10N2O8S2.2Na.2H/c15-9-7-8(12(18)6-4-2-1-3-5(6)11(7)17)10(16)14(26(22,23)24)13(9)25(19,20)21;;;;/h1-4H,15-16H2,(H,19,20,21)(H,22,23,24);;;;. The Kier molecular flexibility index (Phi) is 7.34. The summed E-state index contributed by atoms with van der Waals surface area (Å²) >= 11 is 0.